The van der Waals surface area contributed by atoms with Crippen LogP contribution in [0.2, 0.25) is 0 Å². The van der Waals surface area contributed by atoms with Crippen LogP contribution in [0.1, 0.15) is 24.1 Å². The maximum atomic E-state index is 10.6. The highest BCUT2D eigenvalue weighted by Gasteiger charge is 2.16. The van der Waals surface area contributed by atoms with Crippen LogP contribution >= 0.6 is 11.8 Å². The van der Waals surface area contributed by atoms with Crippen molar-refractivity contribution >= 4 is 28.4 Å². The van der Waals surface area contributed by atoms with Gasteiger partial charge in [-0.1, -0.05) is 54.2 Å². The van der Waals surface area contributed by atoms with Crippen LogP contribution in [0, 0.1) is 11.3 Å². The van der Waals surface area contributed by atoms with Gasteiger partial charge in [0.05, 0.1) is 16.8 Å². The number of fused-ring (bicyclic) bond motifs is 1. The minimum absolute atomic E-state index is 0.0446. The number of benzene rings is 2. The van der Waals surface area contributed by atoms with Gasteiger partial charge in [-0.15, -0.1) is 10.2 Å². The van der Waals surface area contributed by atoms with Crippen molar-refractivity contribution in [2.45, 2.75) is 25.0 Å². The van der Waals surface area contributed by atoms with Crippen molar-refractivity contribution in [3.05, 3.63) is 77.6 Å². The number of nitrogens with zero attached hydrogens (tertiary/aromatic N) is 5. The molecular formula is C22H20N6OS. The smallest absolute Gasteiger partial charge is 0.191 e. The van der Waals surface area contributed by atoms with Gasteiger partial charge in [0, 0.05) is 13.0 Å². The first-order chi connectivity index (χ1) is 14.7. The molecule has 4 aromatic rings. The maximum absolute atomic E-state index is 10.6. The molecule has 0 saturated carbocycles. The van der Waals surface area contributed by atoms with Crippen molar-refractivity contribution in [3.63, 3.8) is 0 Å². The van der Waals surface area contributed by atoms with Crippen LogP contribution in [0.5, 0.6) is 0 Å². The van der Waals surface area contributed by atoms with Crippen LogP contribution in [0.15, 0.2) is 65.5 Å². The molecule has 2 aromatic carbocycles. The fraction of sp³-hybridized carbons (Fsp3) is 0.182. The molecule has 8 heteroatoms. The summed E-state index contributed by atoms with van der Waals surface area (Å²) < 4.78 is 2.03. The first-order valence-electron chi connectivity index (χ1n) is 9.55. The average Bonchev–Trinajstić information content (AvgIpc) is 3.37. The molecule has 4 rings (SSSR count). The second-order valence-corrected chi connectivity index (χ2v) is 7.57. The van der Waals surface area contributed by atoms with Gasteiger partial charge in [0.15, 0.2) is 11.0 Å². The summed E-state index contributed by atoms with van der Waals surface area (Å²) in [5, 5.41) is 29.5. The summed E-state index contributed by atoms with van der Waals surface area (Å²) in [5.41, 5.74) is 2.86. The van der Waals surface area contributed by atoms with E-state index in [2.05, 4.69) is 38.4 Å². The summed E-state index contributed by atoms with van der Waals surface area (Å²) in [6.07, 6.45) is 0.687. The van der Waals surface area contributed by atoms with Gasteiger partial charge >= 0.3 is 0 Å². The number of aromatic amines is 1. The minimum atomic E-state index is -0.0446. The van der Waals surface area contributed by atoms with Crippen LogP contribution in [0.25, 0.3) is 16.6 Å². The number of nitrogens with one attached hydrogen (secondary N) is 1. The first kappa shape index (κ1) is 19.7. The molecule has 0 bridgehead atoms. The van der Waals surface area contributed by atoms with E-state index >= 15 is 0 Å². The molecule has 150 valence electrons. The number of nitriles is 1. The molecule has 0 aliphatic rings. The average molecular weight is 417 g/mol. The fourth-order valence-electron chi connectivity index (χ4n) is 3.18. The van der Waals surface area contributed by atoms with Crippen molar-refractivity contribution < 1.29 is 5.11 Å². The standard InChI is InChI=1S/C22H20N6OS/c1-2-28-20(12-15-8-4-3-5-9-15)26-27-22(28)30-14-19(29)16(13-23)21-24-17-10-6-7-11-18(17)25-21/h3-11,29H,2,12,14H2,1H3,(H,24,25)/b19-16-. The molecule has 0 spiro atoms. The number of hydrogen-bond donors (Lipinski definition) is 2. The predicted octanol–water partition coefficient (Wildman–Crippen LogP) is 4.35. The highest BCUT2D eigenvalue weighted by molar-refractivity contribution is 7.99. The van der Waals surface area contributed by atoms with Crippen molar-refractivity contribution in [1.29, 1.82) is 5.26 Å². The fourth-order valence-corrected chi connectivity index (χ4v) is 4.08. The molecule has 2 aromatic heterocycles. The molecule has 2 N–H and O–H groups in total. The normalized spacial score (nSPS) is 12.0. The second kappa shape index (κ2) is 8.84. The topological polar surface area (TPSA) is 103 Å². The number of aliphatic hydroxyl groups is 1. The quantitative estimate of drug-likeness (QED) is 0.264. The summed E-state index contributed by atoms with van der Waals surface area (Å²) in [4.78, 5) is 7.49. The number of rotatable bonds is 7. The van der Waals surface area contributed by atoms with Crippen molar-refractivity contribution in [1.82, 2.24) is 24.7 Å². The summed E-state index contributed by atoms with van der Waals surface area (Å²) in [6, 6.07) is 19.7. The van der Waals surface area contributed by atoms with Crippen molar-refractivity contribution in [2.75, 3.05) is 5.75 Å². The van der Waals surface area contributed by atoms with Gasteiger partial charge in [0.2, 0.25) is 0 Å². The Morgan fingerprint density at radius 2 is 1.90 bits per heavy atom. The number of para-hydroxylation sites is 2. The predicted molar refractivity (Wildman–Crippen MR) is 117 cm³/mol. The number of aliphatic hydroxyl groups excluding tert-OH is 1. The lowest BCUT2D eigenvalue weighted by Crippen LogP contribution is -2.05. The van der Waals surface area contributed by atoms with Gasteiger partial charge in [0.25, 0.3) is 0 Å². The Labute approximate surface area is 178 Å². The highest BCUT2D eigenvalue weighted by Crippen LogP contribution is 2.24. The van der Waals surface area contributed by atoms with Crippen molar-refractivity contribution in [3.8, 4) is 6.07 Å². The number of aromatic nitrogens is 5. The molecule has 0 aliphatic carbocycles. The Balaban J connectivity index is 1.53. The minimum Gasteiger partial charge on any atom is -0.510 e. The zero-order valence-electron chi connectivity index (χ0n) is 16.4. The Morgan fingerprint density at radius 3 is 2.63 bits per heavy atom. The molecule has 7 nitrogen and oxygen atoms in total. The molecule has 0 radical (unpaired) electrons. The van der Waals surface area contributed by atoms with Crippen LogP contribution in [-0.4, -0.2) is 35.6 Å². The maximum Gasteiger partial charge on any atom is 0.191 e. The number of imidazole rings is 1. The van der Waals surface area contributed by atoms with Gasteiger partial charge in [-0.2, -0.15) is 5.26 Å². The highest BCUT2D eigenvalue weighted by atomic mass is 32.2. The molecule has 30 heavy (non-hydrogen) atoms. The zero-order chi connectivity index (χ0) is 20.9. The molecule has 2 heterocycles. The van der Waals surface area contributed by atoms with Crippen molar-refractivity contribution in [2.24, 2.45) is 0 Å². The Morgan fingerprint density at radius 1 is 1.13 bits per heavy atom. The first-order valence-corrected chi connectivity index (χ1v) is 10.5. The third-order valence-corrected chi connectivity index (χ3v) is 5.66. The van der Waals surface area contributed by atoms with E-state index in [1.165, 1.54) is 11.8 Å². The molecular weight excluding hydrogens is 396 g/mol. The molecule has 0 atom stereocenters. The monoisotopic (exact) mass is 416 g/mol. The van der Waals surface area contributed by atoms with E-state index in [4.69, 9.17) is 0 Å². The van der Waals surface area contributed by atoms with Gasteiger partial charge in [0.1, 0.15) is 23.2 Å². The van der Waals surface area contributed by atoms with E-state index in [1.807, 2.05) is 54.0 Å². The third kappa shape index (κ3) is 4.07. The zero-order valence-corrected chi connectivity index (χ0v) is 17.2. The van der Waals surface area contributed by atoms with Crippen LogP contribution in [0.4, 0.5) is 0 Å². The van der Waals surface area contributed by atoms with Gasteiger partial charge in [-0.05, 0) is 24.6 Å². The summed E-state index contributed by atoms with van der Waals surface area (Å²) in [7, 11) is 0. The summed E-state index contributed by atoms with van der Waals surface area (Å²) >= 11 is 1.35. The van der Waals surface area contributed by atoms with E-state index in [0.717, 1.165) is 29.0 Å². The van der Waals surface area contributed by atoms with Crippen LogP contribution in [0.3, 0.4) is 0 Å². The lowest BCUT2D eigenvalue weighted by molar-refractivity contribution is 0.420. The molecule has 0 aliphatic heterocycles. The van der Waals surface area contributed by atoms with Crippen LogP contribution in [-0.2, 0) is 13.0 Å². The molecule has 0 unspecified atom stereocenters. The summed E-state index contributed by atoms with van der Waals surface area (Å²) in [6.45, 7) is 2.75. The van der Waals surface area contributed by atoms with Gasteiger partial charge in [-0.3, -0.25) is 0 Å². The van der Waals surface area contributed by atoms with Gasteiger partial charge in [-0.25, -0.2) is 4.98 Å². The Hall–Kier alpha value is -3.57. The number of H-pyrrole nitrogens is 1. The van der Waals surface area contributed by atoms with E-state index in [9.17, 15) is 10.4 Å². The second-order valence-electron chi connectivity index (χ2n) is 6.63. The summed E-state index contributed by atoms with van der Waals surface area (Å²) in [5.74, 6) is 1.38. The SMILES string of the molecule is CCn1c(Cc2ccccc2)nnc1SC/C(O)=C(\C#N)c1nc2ccccc2[nH]1. The van der Waals surface area contributed by atoms with E-state index < -0.39 is 0 Å². The van der Waals surface area contributed by atoms with E-state index in [-0.39, 0.29) is 17.1 Å². The largest absolute Gasteiger partial charge is 0.510 e. The number of thioether (sulfide) groups is 1. The Bertz CT molecular complexity index is 1200. The molecule has 0 fully saturated rings. The third-order valence-electron chi connectivity index (χ3n) is 4.68. The Kier molecular flexibility index (Phi) is 5.82. The van der Waals surface area contributed by atoms with E-state index in [1.54, 1.807) is 0 Å². The van der Waals surface area contributed by atoms with Gasteiger partial charge < -0.3 is 14.7 Å². The molecule has 0 amide bonds. The lowest BCUT2D eigenvalue weighted by atomic mass is 10.1. The number of allylic oxidation sites excluding steroid dienone is 1. The number of hydrogen-bond acceptors (Lipinski definition) is 6. The lowest BCUT2D eigenvalue weighted by Gasteiger charge is -2.07. The van der Waals surface area contributed by atoms with E-state index in [0.29, 0.717) is 17.4 Å². The molecule has 0 saturated heterocycles. The van der Waals surface area contributed by atoms with Crippen LogP contribution < -0.4 is 0 Å².